The summed E-state index contributed by atoms with van der Waals surface area (Å²) in [6, 6.07) is -0.132. The van der Waals surface area contributed by atoms with E-state index >= 15 is 0 Å². The normalized spacial score (nSPS) is 27.2. The molecule has 90 valence electrons. The van der Waals surface area contributed by atoms with Crippen molar-refractivity contribution in [1.29, 1.82) is 0 Å². The van der Waals surface area contributed by atoms with Gasteiger partial charge in [-0.3, -0.25) is 0 Å². The molecular weight excluding hydrogens is 190 g/mol. The molecule has 0 aliphatic heterocycles. The van der Waals surface area contributed by atoms with Gasteiger partial charge in [-0.15, -0.1) is 0 Å². The molecule has 1 saturated carbocycles. The van der Waals surface area contributed by atoms with E-state index in [0.29, 0.717) is 0 Å². The molecule has 0 spiro atoms. The van der Waals surface area contributed by atoms with Gasteiger partial charge >= 0.3 is 0 Å². The summed E-state index contributed by atoms with van der Waals surface area (Å²) >= 11 is 0. The SMILES string of the molecule is CCC1CCCC(CNC(CO)CO)C1. The Balaban J connectivity index is 2.20. The van der Waals surface area contributed by atoms with Gasteiger partial charge in [-0.2, -0.15) is 0 Å². The van der Waals surface area contributed by atoms with Gasteiger partial charge in [-0.25, -0.2) is 0 Å². The van der Waals surface area contributed by atoms with E-state index in [1.54, 1.807) is 0 Å². The van der Waals surface area contributed by atoms with Crippen LogP contribution in [-0.2, 0) is 0 Å². The van der Waals surface area contributed by atoms with Crippen molar-refractivity contribution < 1.29 is 10.2 Å². The molecule has 2 unspecified atom stereocenters. The quantitative estimate of drug-likeness (QED) is 0.623. The summed E-state index contributed by atoms with van der Waals surface area (Å²) in [4.78, 5) is 0. The Labute approximate surface area is 92.9 Å². The lowest BCUT2D eigenvalue weighted by atomic mass is 9.80. The highest BCUT2D eigenvalue weighted by Gasteiger charge is 2.21. The minimum atomic E-state index is -0.132. The van der Waals surface area contributed by atoms with E-state index in [-0.39, 0.29) is 19.3 Å². The van der Waals surface area contributed by atoms with Crippen molar-refractivity contribution in [1.82, 2.24) is 5.32 Å². The predicted octanol–water partition coefficient (Wildman–Crippen LogP) is 1.15. The summed E-state index contributed by atoms with van der Waals surface area (Å²) in [5.41, 5.74) is 0. The van der Waals surface area contributed by atoms with E-state index in [1.807, 2.05) is 0 Å². The topological polar surface area (TPSA) is 52.5 Å². The number of rotatable bonds is 6. The molecule has 1 fully saturated rings. The maximum Gasteiger partial charge on any atom is 0.0607 e. The third-order valence-corrected chi connectivity index (χ3v) is 3.60. The Morgan fingerprint density at radius 2 is 1.87 bits per heavy atom. The van der Waals surface area contributed by atoms with Crippen molar-refractivity contribution in [2.75, 3.05) is 19.8 Å². The lowest BCUT2D eigenvalue weighted by Crippen LogP contribution is -2.39. The fourth-order valence-electron chi connectivity index (χ4n) is 2.48. The molecule has 1 aliphatic rings. The van der Waals surface area contributed by atoms with Crippen molar-refractivity contribution in [3.8, 4) is 0 Å². The van der Waals surface area contributed by atoms with Crippen LogP contribution in [-0.4, -0.2) is 36.0 Å². The summed E-state index contributed by atoms with van der Waals surface area (Å²) in [6.45, 7) is 3.27. The van der Waals surface area contributed by atoms with Gasteiger partial charge in [0.25, 0.3) is 0 Å². The van der Waals surface area contributed by atoms with Crippen molar-refractivity contribution in [2.24, 2.45) is 11.8 Å². The van der Waals surface area contributed by atoms with Crippen molar-refractivity contribution in [2.45, 2.75) is 45.1 Å². The van der Waals surface area contributed by atoms with Gasteiger partial charge in [0.05, 0.1) is 19.3 Å². The number of aliphatic hydroxyl groups excluding tert-OH is 2. The van der Waals surface area contributed by atoms with Crippen LogP contribution >= 0.6 is 0 Å². The molecule has 1 aliphatic carbocycles. The van der Waals surface area contributed by atoms with E-state index in [1.165, 1.54) is 32.1 Å². The zero-order chi connectivity index (χ0) is 11.1. The lowest BCUT2D eigenvalue weighted by Gasteiger charge is -2.29. The maximum absolute atomic E-state index is 8.93. The van der Waals surface area contributed by atoms with E-state index in [0.717, 1.165) is 18.4 Å². The molecule has 3 nitrogen and oxygen atoms in total. The molecule has 0 amide bonds. The monoisotopic (exact) mass is 215 g/mol. The summed E-state index contributed by atoms with van der Waals surface area (Å²) in [5, 5.41) is 21.1. The molecule has 1 rings (SSSR count). The lowest BCUT2D eigenvalue weighted by molar-refractivity contribution is 0.159. The smallest absolute Gasteiger partial charge is 0.0607 e. The van der Waals surface area contributed by atoms with Gasteiger partial charge in [-0.05, 0) is 31.2 Å². The molecule has 0 aromatic heterocycles. The van der Waals surface area contributed by atoms with E-state index in [9.17, 15) is 0 Å². The Morgan fingerprint density at radius 1 is 1.20 bits per heavy atom. The Bertz CT molecular complexity index is 160. The first kappa shape index (κ1) is 12.9. The van der Waals surface area contributed by atoms with Crippen molar-refractivity contribution >= 4 is 0 Å². The summed E-state index contributed by atoms with van der Waals surface area (Å²) < 4.78 is 0. The van der Waals surface area contributed by atoms with Crippen LogP contribution in [0.15, 0.2) is 0 Å². The van der Waals surface area contributed by atoms with Gasteiger partial charge in [0, 0.05) is 0 Å². The van der Waals surface area contributed by atoms with Gasteiger partial charge in [0.1, 0.15) is 0 Å². The second-order valence-corrected chi connectivity index (χ2v) is 4.78. The molecule has 0 heterocycles. The Kier molecular flexibility index (Phi) is 6.22. The van der Waals surface area contributed by atoms with Crippen LogP contribution in [0.25, 0.3) is 0 Å². The van der Waals surface area contributed by atoms with E-state index < -0.39 is 0 Å². The van der Waals surface area contributed by atoms with Crippen LogP contribution in [0.2, 0.25) is 0 Å². The fraction of sp³-hybridized carbons (Fsp3) is 1.00. The van der Waals surface area contributed by atoms with Crippen LogP contribution in [0, 0.1) is 11.8 Å². The van der Waals surface area contributed by atoms with Crippen molar-refractivity contribution in [3.05, 3.63) is 0 Å². The summed E-state index contributed by atoms with van der Waals surface area (Å²) in [5.74, 6) is 1.64. The first-order valence-electron chi connectivity index (χ1n) is 6.25. The van der Waals surface area contributed by atoms with Gasteiger partial charge in [0.2, 0.25) is 0 Å². The molecule has 0 radical (unpaired) electrons. The molecular formula is C12H25NO2. The molecule has 3 N–H and O–H groups in total. The molecule has 3 heteroatoms. The molecule has 0 aromatic rings. The zero-order valence-electron chi connectivity index (χ0n) is 9.78. The van der Waals surface area contributed by atoms with Gasteiger partial charge in [-0.1, -0.05) is 26.2 Å². The fourth-order valence-corrected chi connectivity index (χ4v) is 2.48. The van der Waals surface area contributed by atoms with Crippen LogP contribution < -0.4 is 5.32 Å². The Morgan fingerprint density at radius 3 is 2.47 bits per heavy atom. The molecule has 0 bridgehead atoms. The molecule has 2 atom stereocenters. The predicted molar refractivity (Wildman–Crippen MR) is 61.7 cm³/mol. The first-order valence-corrected chi connectivity index (χ1v) is 6.25. The maximum atomic E-state index is 8.93. The number of hydrogen-bond donors (Lipinski definition) is 3. The minimum absolute atomic E-state index is 0.0282. The van der Waals surface area contributed by atoms with Gasteiger partial charge < -0.3 is 15.5 Å². The molecule has 15 heavy (non-hydrogen) atoms. The van der Waals surface area contributed by atoms with Gasteiger partial charge in [0.15, 0.2) is 0 Å². The van der Waals surface area contributed by atoms with E-state index in [2.05, 4.69) is 12.2 Å². The number of aliphatic hydroxyl groups is 2. The largest absolute Gasteiger partial charge is 0.395 e. The number of hydrogen-bond acceptors (Lipinski definition) is 3. The van der Waals surface area contributed by atoms with Crippen LogP contribution in [0.5, 0.6) is 0 Å². The molecule has 0 aromatic carbocycles. The van der Waals surface area contributed by atoms with Crippen molar-refractivity contribution in [3.63, 3.8) is 0 Å². The number of nitrogens with one attached hydrogen (secondary N) is 1. The highest BCUT2D eigenvalue weighted by atomic mass is 16.3. The Hall–Kier alpha value is -0.120. The highest BCUT2D eigenvalue weighted by Crippen LogP contribution is 2.30. The second-order valence-electron chi connectivity index (χ2n) is 4.78. The first-order chi connectivity index (χ1) is 7.30. The average molecular weight is 215 g/mol. The van der Waals surface area contributed by atoms with Crippen LogP contribution in [0.3, 0.4) is 0 Å². The standard InChI is InChI=1S/C12H25NO2/c1-2-10-4-3-5-11(6-10)7-13-12(8-14)9-15/h10-15H,2-9H2,1H3. The van der Waals surface area contributed by atoms with Crippen LogP contribution in [0.1, 0.15) is 39.0 Å². The van der Waals surface area contributed by atoms with Crippen LogP contribution in [0.4, 0.5) is 0 Å². The second kappa shape index (κ2) is 7.20. The summed E-state index contributed by atoms with van der Waals surface area (Å²) in [7, 11) is 0. The van der Waals surface area contributed by atoms with E-state index in [4.69, 9.17) is 10.2 Å². The third kappa shape index (κ3) is 4.49. The zero-order valence-corrected chi connectivity index (χ0v) is 9.78. The minimum Gasteiger partial charge on any atom is -0.395 e. The highest BCUT2D eigenvalue weighted by molar-refractivity contribution is 4.75. The average Bonchev–Trinajstić information content (AvgIpc) is 2.31. The molecule has 0 saturated heterocycles. The third-order valence-electron chi connectivity index (χ3n) is 3.60. The summed E-state index contributed by atoms with van der Waals surface area (Å²) in [6.07, 6.45) is 6.63.